The zero-order valence-electron chi connectivity index (χ0n) is 11.0. The maximum Gasteiger partial charge on any atom is 0.249 e. The minimum atomic E-state index is 0.0691. The van der Waals surface area contributed by atoms with Crippen molar-refractivity contribution >= 4 is 5.91 Å². The normalized spacial score (nSPS) is 24.9. The summed E-state index contributed by atoms with van der Waals surface area (Å²) in [6.07, 6.45) is 7.65. The maximum absolute atomic E-state index is 12.1. The maximum atomic E-state index is 12.1. The van der Waals surface area contributed by atoms with E-state index in [4.69, 9.17) is 0 Å². The molecule has 0 bridgehead atoms. The van der Waals surface area contributed by atoms with Crippen LogP contribution in [0.25, 0.3) is 0 Å². The van der Waals surface area contributed by atoms with E-state index in [0.29, 0.717) is 12.0 Å². The molecule has 1 aliphatic carbocycles. The molecule has 3 nitrogen and oxygen atoms in total. The largest absolute Gasteiger partial charge is 0.357 e. The van der Waals surface area contributed by atoms with Crippen LogP contribution in [0.1, 0.15) is 24.3 Å². The first-order chi connectivity index (χ1) is 9.24. The fraction of sp³-hybridized carbons (Fsp3) is 0.312. The number of nitrogens with zero attached hydrogens (tertiary/aromatic N) is 1. The molecular formula is C16H18N2O. The summed E-state index contributed by atoms with van der Waals surface area (Å²) in [6.45, 7) is 0. The van der Waals surface area contributed by atoms with Crippen LogP contribution in [-0.2, 0) is 4.79 Å². The molecule has 1 N–H and O–H groups in total. The van der Waals surface area contributed by atoms with Crippen LogP contribution in [0.4, 0.5) is 0 Å². The summed E-state index contributed by atoms with van der Waals surface area (Å²) >= 11 is 0. The summed E-state index contributed by atoms with van der Waals surface area (Å²) in [5, 5.41) is 3.12. The smallest absolute Gasteiger partial charge is 0.249 e. The Labute approximate surface area is 113 Å². The average Bonchev–Trinajstić information content (AvgIpc) is 3.19. The van der Waals surface area contributed by atoms with Crippen molar-refractivity contribution in [3.05, 3.63) is 59.9 Å². The van der Waals surface area contributed by atoms with E-state index in [1.807, 2.05) is 36.5 Å². The number of benzene rings is 1. The summed E-state index contributed by atoms with van der Waals surface area (Å²) in [5.74, 6) is 0.558. The highest BCUT2D eigenvalue weighted by atomic mass is 16.1. The summed E-state index contributed by atoms with van der Waals surface area (Å²) in [7, 11) is 1.94. The van der Waals surface area contributed by atoms with Gasteiger partial charge >= 0.3 is 0 Å². The number of rotatable bonds is 3. The molecule has 1 aromatic rings. The van der Waals surface area contributed by atoms with Crippen LogP contribution in [0.3, 0.4) is 0 Å². The van der Waals surface area contributed by atoms with E-state index in [9.17, 15) is 4.79 Å². The van der Waals surface area contributed by atoms with Gasteiger partial charge in [0, 0.05) is 30.8 Å². The quantitative estimate of drug-likeness (QED) is 0.898. The van der Waals surface area contributed by atoms with E-state index < -0.39 is 0 Å². The van der Waals surface area contributed by atoms with Gasteiger partial charge in [0.05, 0.1) is 0 Å². The van der Waals surface area contributed by atoms with Crippen molar-refractivity contribution in [3.63, 3.8) is 0 Å². The Morgan fingerprint density at radius 3 is 2.84 bits per heavy atom. The molecule has 3 rings (SSSR count). The first-order valence-corrected chi connectivity index (χ1v) is 6.69. The van der Waals surface area contributed by atoms with Crippen molar-refractivity contribution in [1.29, 1.82) is 0 Å². The number of hydrogen-bond donors (Lipinski definition) is 1. The third-order valence-electron chi connectivity index (χ3n) is 3.66. The monoisotopic (exact) mass is 254 g/mol. The molecule has 1 aromatic carbocycles. The summed E-state index contributed by atoms with van der Waals surface area (Å²) in [6, 6.07) is 10.7. The third-order valence-corrected chi connectivity index (χ3v) is 3.66. The Morgan fingerprint density at radius 1 is 1.32 bits per heavy atom. The number of hydrogen-bond acceptors (Lipinski definition) is 2. The number of carbonyl (C=O) groups is 1. The average molecular weight is 254 g/mol. The molecule has 19 heavy (non-hydrogen) atoms. The van der Waals surface area contributed by atoms with Crippen LogP contribution in [0.5, 0.6) is 0 Å². The van der Waals surface area contributed by atoms with E-state index >= 15 is 0 Å². The molecule has 1 heterocycles. The fourth-order valence-corrected chi connectivity index (χ4v) is 2.52. The summed E-state index contributed by atoms with van der Waals surface area (Å²) < 4.78 is 0. The van der Waals surface area contributed by atoms with E-state index in [-0.39, 0.29) is 5.91 Å². The zero-order valence-corrected chi connectivity index (χ0v) is 11.0. The van der Waals surface area contributed by atoms with Gasteiger partial charge in [0.15, 0.2) is 0 Å². The second-order valence-corrected chi connectivity index (χ2v) is 5.24. The van der Waals surface area contributed by atoms with Crippen molar-refractivity contribution in [2.24, 2.45) is 0 Å². The Morgan fingerprint density at radius 2 is 2.11 bits per heavy atom. The molecule has 0 unspecified atom stereocenters. The number of carbonyl (C=O) groups excluding carboxylic acids is 1. The summed E-state index contributed by atoms with van der Waals surface area (Å²) in [5.41, 5.74) is 2.16. The SMILES string of the molecule is CN1C=CCC(C(=O)N[C@H]2C[C@@H]2c2ccccc2)=C1. The highest BCUT2D eigenvalue weighted by molar-refractivity contribution is 5.94. The van der Waals surface area contributed by atoms with Gasteiger partial charge in [0.2, 0.25) is 5.91 Å². The zero-order chi connectivity index (χ0) is 13.2. The first kappa shape index (κ1) is 12.0. The molecule has 0 spiro atoms. The molecule has 2 aliphatic rings. The predicted octanol–water partition coefficient (Wildman–Crippen LogP) is 2.39. The molecule has 2 atom stereocenters. The topological polar surface area (TPSA) is 32.3 Å². The highest BCUT2D eigenvalue weighted by Gasteiger charge is 2.39. The van der Waals surface area contributed by atoms with Crippen molar-refractivity contribution < 1.29 is 4.79 Å². The number of nitrogens with one attached hydrogen (secondary N) is 1. The molecule has 1 fully saturated rings. The Hall–Kier alpha value is -2.03. The standard InChI is InChI=1S/C16H18N2O/c1-18-9-5-8-13(11-18)16(19)17-15-10-14(15)12-6-3-2-4-7-12/h2-7,9,11,14-15H,8,10H2,1H3,(H,17,19)/t14-,15+/m1/s1. The van der Waals surface area contributed by atoms with E-state index in [2.05, 4.69) is 29.6 Å². The third kappa shape index (κ3) is 2.70. The minimum Gasteiger partial charge on any atom is -0.357 e. The van der Waals surface area contributed by atoms with Crippen molar-refractivity contribution in [1.82, 2.24) is 10.2 Å². The van der Waals surface area contributed by atoms with E-state index in [1.54, 1.807) is 0 Å². The Balaban J connectivity index is 1.58. The highest BCUT2D eigenvalue weighted by Crippen LogP contribution is 2.40. The van der Waals surface area contributed by atoms with Crippen LogP contribution in [0, 0.1) is 0 Å². The van der Waals surface area contributed by atoms with Crippen LogP contribution >= 0.6 is 0 Å². The lowest BCUT2D eigenvalue weighted by Crippen LogP contribution is -2.29. The molecule has 1 amide bonds. The van der Waals surface area contributed by atoms with Gasteiger partial charge in [-0.1, -0.05) is 36.4 Å². The van der Waals surface area contributed by atoms with Crippen molar-refractivity contribution in [3.8, 4) is 0 Å². The lowest BCUT2D eigenvalue weighted by molar-refractivity contribution is -0.117. The molecule has 0 aromatic heterocycles. The fourth-order valence-electron chi connectivity index (χ4n) is 2.52. The van der Waals surface area contributed by atoms with Crippen LogP contribution in [0.15, 0.2) is 54.4 Å². The first-order valence-electron chi connectivity index (χ1n) is 6.69. The van der Waals surface area contributed by atoms with Gasteiger partial charge in [-0.3, -0.25) is 4.79 Å². The Kier molecular flexibility index (Phi) is 3.11. The van der Waals surface area contributed by atoms with E-state index in [0.717, 1.165) is 18.4 Å². The molecule has 1 saturated carbocycles. The van der Waals surface area contributed by atoms with Gasteiger partial charge in [-0.15, -0.1) is 0 Å². The lowest BCUT2D eigenvalue weighted by Gasteiger charge is -2.16. The van der Waals surface area contributed by atoms with Gasteiger partial charge in [0.1, 0.15) is 0 Å². The Bertz CT molecular complexity index is 533. The van der Waals surface area contributed by atoms with Gasteiger partial charge in [-0.2, -0.15) is 0 Å². The van der Waals surface area contributed by atoms with E-state index in [1.165, 1.54) is 5.56 Å². The summed E-state index contributed by atoms with van der Waals surface area (Å²) in [4.78, 5) is 14.0. The van der Waals surface area contributed by atoms with Crippen LogP contribution < -0.4 is 5.32 Å². The van der Waals surface area contributed by atoms with Gasteiger partial charge in [0.25, 0.3) is 0 Å². The van der Waals surface area contributed by atoms with Gasteiger partial charge < -0.3 is 10.2 Å². The van der Waals surface area contributed by atoms with Crippen LogP contribution in [0.2, 0.25) is 0 Å². The van der Waals surface area contributed by atoms with Gasteiger partial charge in [-0.25, -0.2) is 0 Å². The van der Waals surface area contributed by atoms with Crippen molar-refractivity contribution in [2.45, 2.75) is 24.8 Å². The molecule has 0 radical (unpaired) electrons. The molecule has 3 heteroatoms. The second-order valence-electron chi connectivity index (χ2n) is 5.24. The van der Waals surface area contributed by atoms with Crippen molar-refractivity contribution in [2.75, 3.05) is 7.05 Å². The molecule has 0 saturated heterocycles. The molecule has 1 aliphatic heterocycles. The second kappa shape index (κ2) is 4.92. The van der Waals surface area contributed by atoms with Crippen LogP contribution in [-0.4, -0.2) is 23.9 Å². The lowest BCUT2D eigenvalue weighted by atomic mass is 10.1. The molecular weight excluding hydrogens is 236 g/mol. The van der Waals surface area contributed by atoms with Gasteiger partial charge in [-0.05, 0) is 24.6 Å². The predicted molar refractivity (Wildman–Crippen MR) is 75.3 cm³/mol. The molecule has 98 valence electrons. The number of allylic oxidation sites excluding steroid dienone is 1. The minimum absolute atomic E-state index is 0.0691. The number of amides is 1.